The molecule has 0 aromatic heterocycles. The molecule has 0 amide bonds. The molecule has 2 N–H and O–H groups in total. The topological polar surface area (TPSA) is 61.5 Å². The van der Waals surface area contributed by atoms with Gasteiger partial charge in [-0.3, -0.25) is 0 Å². The minimum absolute atomic E-state index is 0.218. The van der Waals surface area contributed by atoms with E-state index >= 15 is 0 Å². The monoisotopic (exact) mass is 265 g/mol. The molecule has 0 heterocycles. The van der Waals surface area contributed by atoms with Crippen LogP contribution in [0.25, 0.3) is 0 Å². The number of anilines is 1. The summed E-state index contributed by atoms with van der Waals surface area (Å²) in [6.07, 6.45) is 0.790. The van der Waals surface area contributed by atoms with Gasteiger partial charge in [0.15, 0.2) is 0 Å². The number of nitrogens with two attached hydrogens (primary N) is 1. The Balaban J connectivity index is 2.79. The SMILES string of the molecule is CCCOC(=O)c1cc(COC(C)(C)C)ccc1N. The van der Waals surface area contributed by atoms with Gasteiger partial charge < -0.3 is 15.2 Å². The first-order chi connectivity index (χ1) is 8.83. The fraction of sp³-hybridized carbons (Fsp3) is 0.533. The van der Waals surface area contributed by atoms with Crippen molar-refractivity contribution in [3.8, 4) is 0 Å². The molecule has 0 radical (unpaired) electrons. The first kappa shape index (κ1) is 15.5. The van der Waals surface area contributed by atoms with Crippen molar-refractivity contribution in [3.05, 3.63) is 29.3 Å². The summed E-state index contributed by atoms with van der Waals surface area (Å²) in [5, 5.41) is 0. The van der Waals surface area contributed by atoms with Gasteiger partial charge in [-0.15, -0.1) is 0 Å². The summed E-state index contributed by atoms with van der Waals surface area (Å²) in [6, 6.07) is 5.31. The number of nitrogen functional groups attached to an aromatic ring is 1. The third-order valence-corrected chi connectivity index (χ3v) is 2.45. The van der Waals surface area contributed by atoms with Crippen LogP contribution in [0.5, 0.6) is 0 Å². The Labute approximate surface area is 114 Å². The van der Waals surface area contributed by atoms with Crippen LogP contribution < -0.4 is 5.73 Å². The Kier molecular flexibility index (Phi) is 5.36. The highest BCUT2D eigenvalue weighted by Gasteiger charge is 2.14. The molecule has 0 fully saturated rings. The average molecular weight is 265 g/mol. The lowest BCUT2D eigenvalue weighted by Crippen LogP contribution is -2.19. The fourth-order valence-electron chi connectivity index (χ4n) is 1.44. The molecule has 1 aromatic carbocycles. The van der Waals surface area contributed by atoms with Crippen LogP contribution in [0.3, 0.4) is 0 Å². The van der Waals surface area contributed by atoms with Gasteiger partial charge in [-0.05, 0) is 44.9 Å². The smallest absolute Gasteiger partial charge is 0.340 e. The van der Waals surface area contributed by atoms with E-state index in [1.807, 2.05) is 33.8 Å². The van der Waals surface area contributed by atoms with Gasteiger partial charge in [-0.2, -0.15) is 0 Å². The number of hydrogen-bond acceptors (Lipinski definition) is 4. The van der Waals surface area contributed by atoms with E-state index in [0.29, 0.717) is 24.5 Å². The van der Waals surface area contributed by atoms with E-state index in [4.69, 9.17) is 15.2 Å². The standard InChI is InChI=1S/C15H23NO3/c1-5-8-18-14(17)12-9-11(6-7-13(12)16)10-19-15(2,3)4/h6-7,9H,5,8,10,16H2,1-4H3. The molecule has 0 aliphatic heterocycles. The maximum atomic E-state index is 11.8. The molecule has 0 saturated heterocycles. The van der Waals surface area contributed by atoms with Crippen molar-refractivity contribution in [3.63, 3.8) is 0 Å². The predicted octanol–water partition coefficient (Wildman–Crippen LogP) is 3.15. The van der Waals surface area contributed by atoms with Crippen LogP contribution in [0.2, 0.25) is 0 Å². The number of esters is 1. The number of ether oxygens (including phenoxy) is 2. The molecule has 0 saturated carbocycles. The predicted molar refractivity (Wildman–Crippen MR) is 76.0 cm³/mol. The molecule has 0 unspecified atom stereocenters. The van der Waals surface area contributed by atoms with E-state index in [1.54, 1.807) is 12.1 Å². The molecule has 0 aliphatic rings. The van der Waals surface area contributed by atoms with Gasteiger partial charge in [0, 0.05) is 5.69 Å². The van der Waals surface area contributed by atoms with Crippen LogP contribution in [-0.4, -0.2) is 18.2 Å². The van der Waals surface area contributed by atoms with E-state index in [0.717, 1.165) is 12.0 Å². The molecule has 19 heavy (non-hydrogen) atoms. The minimum Gasteiger partial charge on any atom is -0.462 e. The summed E-state index contributed by atoms with van der Waals surface area (Å²) in [5.74, 6) is -0.378. The Hall–Kier alpha value is -1.55. The summed E-state index contributed by atoms with van der Waals surface area (Å²) in [7, 11) is 0. The van der Waals surface area contributed by atoms with Crippen molar-refractivity contribution in [2.45, 2.75) is 46.3 Å². The Morgan fingerprint density at radius 3 is 2.58 bits per heavy atom. The molecule has 106 valence electrons. The van der Waals surface area contributed by atoms with Crippen molar-refractivity contribution < 1.29 is 14.3 Å². The van der Waals surface area contributed by atoms with Crippen LogP contribution in [-0.2, 0) is 16.1 Å². The highest BCUT2D eigenvalue weighted by atomic mass is 16.5. The molecule has 0 atom stereocenters. The third kappa shape index (κ3) is 5.30. The Bertz CT molecular complexity index is 436. The van der Waals surface area contributed by atoms with Crippen molar-refractivity contribution in [1.82, 2.24) is 0 Å². The number of benzene rings is 1. The largest absolute Gasteiger partial charge is 0.462 e. The summed E-state index contributed by atoms with van der Waals surface area (Å²) in [6.45, 7) is 8.76. The highest BCUT2D eigenvalue weighted by molar-refractivity contribution is 5.95. The molecule has 4 heteroatoms. The maximum Gasteiger partial charge on any atom is 0.340 e. The molecular weight excluding hydrogens is 242 g/mol. The normalized spacial score (nSPS) is 11.4. The zero-order valence-corrected chi connectivity index (χ0v) is 12.2. The van der Waals surface area contributed by atoms with Crippen LogP contribution in [0, 0.1) is 0 Å². The minimum atomic E-state index is -0.378. The molecule has 4 nitrogen and oxygen atoms in total. The van der Waals surface area contributed by atoms with Crippen molar-refractivity contribution in [2.24, 2.45) is 0 Å². The summed E-state index contributed by atoms with van der Waals surface area (Å²) >= 11 is 0. The van der Waals surface area contributed by atoms with Gasteiger partial charge in [-0.25, -0.2) is 4.79 Å². The van der Waals surface area contributed by atoms with Gasteiger partial charge in [0.05, 0.1) is 24.4 Å². The van der Waals surface area contributed by atoms with Crippen LogP contribution in [0.15, 0.2) is 18.2 Å². The van der Waals surface area contributed by atoms with E-state index in [1.165, 1.54) is 0 Å². The first-order valence-corrected chi connectivity index (χ1v) is 6.53. The average Bonchev–Trinajstić information content (AvgIpc) is 2.34. The Morgan fingerprint density at radius 2 is 2.00 bits per heavy atom. The number of hydrogen-bond donors (Lipinski definition) is 1. The summed E-state index contributed by atoms with van der Waals surface area (Å²) in [4.78, 5) is 11.8. The lowest BCUT2D eigenvalue weighted by molar-refractivity contribution is -0.0149. The number of rotatable bonds is 5. The second-order valence-electron chi connectivity index (χ2n) is 5.46. The van der Waals surface area contributed by atoms with Crippen molar-refractivity contribution >= 4 is 11.7 Å². The van der Waals surface area contributed by atoms with Crippen LogP contribution in [0.4, 0.5) is 5.69 Å². The van der Waals surface area contributed by atoms with E-state index < -0.39 is 0 Å². The van der Waals surface area contributed by atoms with Crippen LogP contribution in [0.1, 0.15) is 50.0 Å². The molecule has 0 aliphatic carbocycles. The van der Waals surface area contributed by atoms with E-state index in [2.05, 4.69) is 0 Å². The zero-order chi connectivity index (χ0) is 14.5. The zero-order valence-electron chi connectivity index (χ0n) is 12.2. The third-order valence-electron chi connectivity index (χ3n) is 2.45. The second-order valence-corrected chi connectivity index (χ2v) is 5.46. The lowest BCUT2D eigenvalue weighted by atomic mass is 10.1. The molecule has 1 aromatic rings. The van der Waals surface area contributed by atoms with Crippen molar-refractivity contribution in [1.29, 1.82) is 0 Å². The fourth-order valence-corrected chi connectivity index (χ4v) is 1.44. The number of carbonyl (C=O) groups excluding carboxylic acids is 1. The van der Waals surface area contributed by atoms with Gasteiger partial charge in [0.1, 0.15) is 0 Å². The lowest BCUT2D eigenvalue weighted by Gasteiger charge is -2.19. The quantitative estimate of drug-likeness (QED) is 0.656. The van der Waals surface area contributed by atoms with Gasteiger partial charge >= 0.3 is 5.97 Å². The molecule has 1 rings (SSSR count). The van der Waals surface area contributed by atoms with E-state index in [9.17, 15) is 4.79 Å². The highest BCUT2D eigenvalue weighted by Crippen LogP contribution is 2.18. The van der Waals surface area contributed by atoms with Gasteiger partial charge in [0.2, 0.25) is 0 Å². The Morgan fingerprint density at radius 1 is 1.32 bits per heavy atom. The van der Waals surface area contributed by atoms with Crippen molar-refractivity contribution in [2.75, 3.05) is 12.3 Å². The summed E-state index contributed by atoms with van der Waals surface area (Å²) in [5.41, 5.74) is 7.33. The van der Waals surface area contributed by atoms with Gasteiger partial charge in [0.25, 0.3) is 0 Å². The maximum absolute atomic E-state index is 11.8. The van der Waals surface area contributed by atoms with Crippen LogP contribution >= 0.6 is 0 Å². The summed E-state index contributed by atoms with van der Waals surface area (Å²) < 4.78 is 10.8. The van der Waals surface area contributed by atoms with Gasteiger partial charge in [-0.1, -0.05) is 13.0 Å². The molecular formula is C15H23NO3. The van der Waals surface area contributed by atoms with E-state index in [-0.39, 0.29) is 11.6 Å². The second kappa shape index (κ2) is 6.57. The molecule has 0 spiro atoms. The molecule has 0 bridgehead atoms. The first-order valence-electron chi connectivity index (χ1n) is 6.53. The number of carbonyl (C=O) groups is 1.